The van der Waals surface area contributed by atoms with Crippen molar-refractivity contribution in [3.05, 3.63) is 75.4 Å². The van der Waals surface area contributed by atoms with Crippen molar-refractivity contribution < 1.29 is 23.8 Å². The lowest BCUT2D eigenvalue weighted by molar-refractivity contribution is -0.118. The Kier molecular flexibility index (Phi) is 8.43. The van der Waals surface area contributed by atoms with Crippen LogP contribution in [0.25, 0.3) is 22.0 Å². The fraction of sp³-hybridized carbons (Fsp3) is 0.276. The number of aryl methyl sites for hydroxylation is 1. The van der Waals surface area contributed by atoms with E-state index < -0.39 is 24.2 Å². The van der Waals surface area contributed by atoms with Gasteiger partial charge in [0.2, 0.25) is 0 Å². The van der Waals surface area contributed by atoms with E-state index in [1.54, 1.807) is 34.5 Å². The van der Waals surface area contributed by atoms with Gasteiger partial charge < -0.3 is 19.7 Å². The first-order valence-electron chi connectivity index (χ1n) is 13.7. The predicted molar refractivity (Wildman–Crippen MR) is 166 cm³/mol. The maximum atomic E-state index is 14.3. The summed E-state index contributed by atoms with van der Waals surface area (Å²) in [5.41, 5.74) is 3.71. The number of nitrogens with zero attached hydrogens (tertiary/aromatic N) is 5. The summed E-state index contributed by atoms with van der Waals surface area (Å²) in [6.45, 7) is 2.49. The number of ether oxygens (including phenoxy) is 1. The van der Waals surface area contributed by atoms with Crippen LogP contribution >= 0.6 is 34.5 Å². The van der Waals surface area contributed by atoms with Gasteiger partial charge in [-0.25, -0.2) is 19.2 Å². The molecule has 5 aromatic rings. The molecule has 1 aliphatic rings. The summed E-state index contributed by atoms with van der Waals surface area (Å²) < 4.78 is 23.3. The highest BCUT2D eigenvalue weighted by Gasteiger charge is 2.34. The summed E-state index contributed by atoms with van der Waals surface area (Å²) in [6, 6.07) is 6.29. The number of fused-ring (bicyclic) bond motifs is 2. The number of imidazole rings is 1. The number of amides is 2. The van der Waals surface area contributed by atoms with Crippen molar-refractivity contribution in [1.29, 1.82) is 0 Å². The molecule has 0 saturated carbocycles. The molecule has 0 bridgehead atoms. The highest BCUT2D eigenvalue weighted by Crippen LogP contribution is 2.40. The lowest BCUT2D eigenvalue weighted by atomic mass is 10.00. The Morgan fingerprint density at radius 1 is 1.27 bits per heavy atom. The van der Waals surface area contributed by atoms with Crippen LogP contribution in [0.3, 0.4) is 0 Å². The largest absolute Gasteiger partial charge is 0.491 e. The molecule has 6 rings (SSSR count). The van der Waals surface area contributed by atoms with Crippen LogP contribution in [-0.2, 0) is 24.2 Å². The number of aromatic nitrogens is 5. The Bertz CT molecular complexity index is 1860. The van der Waals surface area contributed by atoms with Gasteiger partial charge in [-0.05, 0) is 35.7 Å². The second-order valence-corrected chi connectivity index (χ2v) is 11.8. The number of thiazole rings is 1. The first kappa shape index (κ1) is 29.9. The van der Waals surface area contributed by atoms with Crippen molar-refractivity contribution in [2.24, 2.45) is 0 Å². The van der Waals surface area contributed by atoms with Crippen molar-refractivity contribution in [2.75, 3.05) is 18.5 Å². The minimum atomic E-state index is -1.11. The van der Waals surface area contributed by atoms with Crippen LogP contribution < -0.4 is 15.4 Å². The Hall–Kier alpha value is -4.20. The number of carboxylic acid groups (broad SMARTS) is 1. The van der Waals surface area contributed by atoms with Gasteiger partial charge in [-0.2, -0.15) is 5.10 Å². The van der Waals surface area contributed by atoms with Crippen molar-refractivity contribution in [3.8, 4) is 16.9 Å². The van der Waals surface area contributed by atoms with Crippen LogP contribution in [0.1, 0.15) is 29.9 Å². The molecule has 2 aromatic carbocycles. The van der Waals surface area contributed by atoms with E-state index in [4.69, 9.17) is 38.1 Å². The van der Waals surface area contributed by atoms with E-state index in [9.17, 15) is 14.0 Å². The molecule has 0 aliphatic carbocycles. The van der Waals surface area contributed by atoms with Crippen molar-refractivity contribution in [1.82, 2.24) is 29.6 Å². The van der Waals surface area contributed by atoms with Gasteiger partial charge in [0.15, 0.2) is 11.2 Å². The molecule has 228 valence electrons. The molecule has 1 unspecified atom stereocenters. The molecular formula is C29H26Cl2FN7O4S. The molecule has 0 radical (unpaired) electrons. The number of nitrogens with one attached hydrogen (secondary N) is 2. The third-order valence-corrected chi connectivity index (χ3v) is 8.70. The number of halogens is 3. The number of alkyl halides is 1. The van der Waals surface area contributed by atoms with E-state index in [-0.39, 0.29) is 26.1 Å². The Morgan fingerprint density at radius 3 is 2.86 bits per heavy atom. The van der Waals surface area contributed by atoms with Gasteiger partial charge in [0.1, 0.15) is 24.0 Å². The monoisotopic (exact) mass is 657 g/mol. The molecule has 15 heteroatoms. The van der Waals surface area contributed by atoms with E-state index in [0.29, 0.717) is 55.2 Å². The lowest BCUT2D eigenvalue weighted by Crippen LogP contribution is -2.28. The fourth-order valence-electron chi connectivity index (χ4n) is 5.30. The standard InChI is InChI=1S/C29H26Cl2FN7O4S/c1-2-15-9-16(3-4-22(15)43-7-5-34-29(41)42)18-11-20(30)19-13-39(37-24(19)23(18)31)26(27(40)36-28-33-6-8-44-28)25-21-10-17(32)12-38(21)14-35-25/h3-4,6,8-9,11,13-14,17,26,34H,2,5,7,10,12H2,1H3,(H,41,42)(H,33,36,40)/t17-,26?/m1/s1. The van der Waals surface area contributed by atoms with Crippen LogP contribution in [0.15, 0.2) is 48.4 Å². The number of carbonyl (C=O) groups is 2. The zero-order valence-corrected chi connectivity index (χ0v) is 25.6. The minimum absolute atomic E-state index is 0.137. The van der Waals surface area contributed by atoms with Gasteiger partial charge in [-0.3, -0.25) is 14.8 Å². The van der Waals surface area contributed by atoms with Gasteiger partial charge >= 0.3 is 6.09 Å². The first-order chi connectivity index (χ1) is 21.2. The number of rotatable bonds is 10. The maximum Gasteiger partial charge on any atom is 0.404 e. The molecule has 3 aromatic heterocycles. The smallest absolute Gasteiger partial charge is 0.404 e. The summed E-state index contributed by atoms with van der Waals surface area (Å²) in [5, 5.41) is 22.0. The van der Waals surface area contributed by atoms with Crippen molar-refractivity contribution in [2.45, 2.75) is 38.5 Å². The SMILES string of the molecule is CCc1cc(-c2cc(Cl)c3cn(C(C(=O)Nc4nccs4)c4ncn5c4C[C@@H](F)C5)nc3c2Cl)ccc1OCCNC(=O)O. The molecule has 44 heavy (non-hydrogen) atoms. The Balaban J connectivity index is 1.37. The van der Waals surface area contributed by atoms with Crippen LogP contribution in [0.2, 0.25) is 10.0 Å². The number of carbonyl (C=O) groups excluding carboxylic acids is 1. The molecule has 3 N–H and O–H groups in total. The maximum absolute atomic E-state index is 14.3. The normalized spacial score (nSPS) is 14.9. The van der Waals surface area contributed by atoms with E-state index >= 15 is 0 Å². The second-order valence-electron chi connectivity index (χ2n) is 10.1. The van der Waals surface area contributed by atoms with Gasteiger partial charge in [0.25, 0.3) is 5.91 Å². The van der Waals surface area contributed by atoms with Crippen LogP contribution in [0, 0.1) is 0 Å². The highest BCUT2D eigenvalue weighted by molar-refractivity contribution is 7.13. The van der Waals surface area contributed by atoms with Gasteiger partial charge in [-0.15, -0.1) is 11.3 Å². The number of benzene rings is 2. The average Bonchev–Trinajstić information content (AvgIpc) is 3.80. The van der Waals surface area contributed by atoms with E-state index in [2.05, 4.69) is 20.6 Å². The average molecular weight is 659 g/mol. The molecular weight excluding hydrogens is 632 g/mol. The molecule has 11 nitrogen and oxygen atoms in total. The Morgan fingerprint density at radius 2 is 2.11 bits per heavy atom. The second kappa shape index (κ2) is 12.4. The predicted octanol–water partition coefficient (Wildman–Crippen LogP) is 5.99. The van der Waals surface area contributed by atoms with E-state index in [1.807, 2.05) is 19.1 Å². The lowest BCUT2D eigenvalue weighted by Gasteiger charge is -2.16. The highest BCUT2D eigenvalue weighted by atomic mass is 35.5. The van der Waals surface area contributed by atoms with E-state index in [1.165, 1.54) is 22.3 Å². The van der Waals surface area contributed by atoms with Crippen LogP contribution in [0.5, 0.6) is 5.75 Å². The molecule has 0 spiro atoms. The zero-order valence-electron chi connectivity index (χ0n) is 23.3. The van der Waals surface area contributed by atoms with Crippen LogP contribution in [-0.4, -0.2) is 60.7 Å². The molecule has 4 heterocycles. The number of anilines is 1. The topological polar surface area (TPSA) is 136 Å². The van der Waals surface area contributed by atoms with Crippen LogP contribution in [0.4, 0.5) is 14.3 Å². The third kappa shape index (κ3) is 5.82. The minimum Gasteiger partial charge on any atom is -0.491 e. The quantitative estimate of drug-likeness (QED) is 0.157. The molecule has 0 saturated heterocycles. The first-order valence-corrected chi connectivity index (χ1v) is 15.3. The fourth-order valence-corrected chi connectivity index (χ4v) is 6.38. The molecule has 1 aliphatic heterocycles. The summed E-state index contributed by atoms with van der Waals surface area (Å²) in [5.74, 6) is 0.194. The molecule has 2 amide bonds. The Labute approximate surface area is 264 Å². The summed E-state index contributed by atoms with van der Waals surface area (Å²) in [7, 11) is 0. The summed E-state index contributed by atoms with van der Waals surface area (Å²) in [4.78, 5) is 33.0. The van der Waals surface area contributed by atoms with Gasteiger partial charge in [0.05, 0.1) is 35.2 Å². The number of hydrogen-bond donors (Lipinski definition) is 3. The zero-order chi connectivity index (χ0) is 31.0. The molecule has 0 fully saturated rings. The van der Waals surface area contributed by atoms with Crippen molar-refractivity contribution >= 4 is 62.6 Å². The molecule has 2 atom stereocenters. The number of hydrogen-bond acceptors (Lipinski definition) is 7. The van der Waals surface area contributed by atoms with E-state index in [0.717, 1.165) is 11.1 Å². The summed E-state index contributed by atoms with van der Waals surface area (Å²) >= 11 is 15.0. The van der Waals surface area contributed by atoms with Crippen molar-refractivity contribution in [3.63, 3.8) is 0 Å². The third-order valence-electron chi connectivity index (χ3n) is 7.32. The van der Waals surface area contributed by atoms with Gasteiger partial charge in [-0.1, -0.05) is 36.2 Å². The van der Waals surface area contributed by atoms with Gasteiger partial charge in [0, 0.05) is 40.8 Å². The summed E-state index contributed by atoms with van der Waals surface area (Å²) in [6.07, 6.45) is 3.38.